The molecule has 2 aromatic carbocycles. The summed E-state index contributed by atoms with van der Waals surface area (Å²) in [5.74, 6) is 0.161. The molecule has 1 aromatic heterocycles. The van der Waals surface area contributed by atoms with Crippen molar-refractivity contribution in [2.24, 2.45) is 0 Å². The van der Waals surface area contributed by atoms with E-state index in [2.05, 4.69) is 28.4 Å². The van der Waals surface area contributed by atoms with Gasteiger partial charge in [0.15, 0.2) is 0 Å². The van der Waals surface area contributed by atoms with Gasteiger partial charge in [-0.15, -0.1) is 11.3 Å². The minimum Gasteiger partial charge on any atom is -0.497 e. The first-order valence-corrected chi connectivity index (χ1v) is 14.4. The van der Waals surface area contributed by atoms with Crippen LogP contribution in [0.15, 0.2) is 59.5 Å². The number of sulfonamides is 1. The summed E-state index contributed by atoms with van der Waals surface area (Å²) >= 11 is 1.42. The van der Waals surface area contributed by atoms with Gasteiger partial charge < -0.3 is 10.1 Å². The van der Waals surface area contributed by atoms with Crippen LogP contribution in [0.5, 0.6) is 5.75 Å². The lowest BCUT2D eigenvalue weighted by Crippen LogP contribution is -2.43. The van der Waals surface area contributed by atoms with E-state index in [9.17, 15) is 18.5 Å². The van der Waals surface area contributed by atoms with Gasteiger partial charge in [-0.1, -0.05) is 30.3 Å². The van der Waals surface area contributed by atoms with Gasteiger partial charge in [-0.2, -0.15) is 9.57 Å². The van der Waals surface area contributed by atoms with Crippen LogP contribution >= 0.6 is 11.3 Å². The lowest BCUT2D eigenvalue weighted by molar-refractivity contribution is -0.119. The zero-order chi connectivity index (χ0) is 26.0. The summed E-state index contributed by atoms with van der Waals surface area (Å²) in [7, 11) is -2.34. The van der Waals surface area contributed by atoms with E-state index in [0.29, 0.717) is 35.7 Å². The highest BCUT2D eigenvalue weighted by Crippen LogP contribution is 2.38. The molecule has 8 nitrogen and oxygen atoms in total. The van der Waals surface area contributed by atoms with Gasteiger partial charge in [0.05, 0.1) is 17.6 Å². The first-order chi connectivity index (χ1) is 17.9. The van der Waals surface area contributed by atoms with E-state index >= 15 is 0 Å². The largest absolute Gasteiger partial charge is 0.497 e. The molecule has 3 heterocycles. The average Bonchev–Trinajstić information content (AvgIpc) is 3.54. The smallest absolute Gasteiger partial charge is 0.243 e. The van der Waals surface area contributed by atoms with Gasteiger partial charge >= 0.3 is 0 Å². The van der Waals surface area contributed by atoms with E-state index in [1.54, 1.807) is 12.1 Å². The van der Waals surface area contributed by atoms with Crippen LogP contribution < -0.4 is 10.1 Å². The Morgan fingerprint density at radius 1 is 1.16 bits per heavy atom. The molecule has 1 amide bonds. The van der Waals surface area contributed by atoms with Gasteiger partial charge in [0.2, 0.25) is 15.9 Å². The number of hydrogen-bond donors (Lipinski definition) is 1. The highest BCUT2D eigenvalue weighted by atomic mass is 32.2. The van der Waals surface area contributed by atoms with Crippen LogP contribution in [0.2, 0.25) is 0 Å². The maximum absolute atomic E-state index is 13.3. The number of amides is 1. The van der Waals surface area contributed by atoms with Crippen LogP contribution in [-0.2, 0) is 34.3 Å². The average molecular weight is 537 g/mol. The normalized spacial score (nSPS) is 18.2. The first-order valence-electron chi connectivity index (χ1n) is 12.2. The number of nitrogens with one attached hydrogen (secondary N) is 1. The van der Waals surface area contributed by atoms with E-state index in [-0.39, 0.29) is 11.4 Å². The molecule has 5 rings (SSSR count). The number of anilines is 1. The molecule has 37 heavy (non-hydrogen) atoms. The third-order valence-corrected chi connectivity index (χ3v) is 9.96. The third-order valence-electron chi connectivity index (χ3n) is 6.91. The first kappa shape index (κ1) is 25.4. The topological polar surface area (TPSA) is 103 Å². The lowest BCUT2D eigenvalue weighted by atomic mass is 10.0. The Morgan fingerprint density at radius 3 is 2.62 bits per heavy atom. The predicted octanol–water partition coefficient (Wildman–Crippen LogP) is 3.98. The minimum atomic E-state index is -3.86. The molecule has 0 aliphatic carbocycles. The Hall–Kier alpha value is -3.23. The Labute approximate surface area is 221 Å². The van der Waals surface area contributed by atoms with E-state index in [0.717, 1.165) is 30.0 Å². The van der Waals surface area contributed by atoms with Crippen molar-refractivity contribution < 1.29 is 17.9 Å². The number of nitriles is 1. The molecular formula is C27H28N4O4S2. The van der Waals surface area contributed by atoms with Gasteiger partial charge in [0, 0.05) is 31.1 Å². The maximum atomic E-state index is 13.3. The second-order valence-electron chi connectivity index (χ2n) is 9.20. The maximum Gasteiger partial charge on any atom is 0.243 e. The van der Waals surface area contributed by atoms with Crippen LogP contribution in [-0.4, -0.2) is 49.8 Å². The summed E-state index contributed by atoms with van der Waals surface area (Å²) in [6.07, 6.45) is 1.76. The van der Waals surface area contributed by atoms with Gasteiger partial charge in [0.1, 0.15) is 22.9 Å². The zero-order valence-corrected chi connectivity index (χ0v) is 22.1. The van der Waals surface area contributed by atoms with Gasteiger partial charge in [0.25, 0.3) is 0 Å². The monoisotopic (exact) mass is 536 g/mol. The molecule has 2 aliphatic rings. The quantitative estimate of drug-likeness (QED) is 0.490. The number of carbonyl (C=O) groups is 1. The van der Waals surface area contributed by atoms with Gasteiger partial charge in [-0.3, -0.25) is 9.69 Å². The summed E-state index contributed by atoms with van der Waals surface area (Å²) in [4.78, 5) is 16.9. The Balaban J connectivity index is 1.32. The summed E-state index contributed by atoms with van der Waals surface area (Å²) in [5.41, 5.74) is 2.72. The summed E-state index contributed by atoms with van der Waals surface area (Å²) in [6, 6.07) is 17.9. The Morgan fingerprint density at radius 2 is 1.92 bits per heavy atom. The van der Waals surface area contributed by atoms with Crippen molar-refractivity contribution in [3.63, 3.8) is 0 Å². The summed E-state index contributed by atoms with van der Waals surface area (Å²) < 4.78 is 33.0. The van der Waals surface area contributed by atoms with Crippen molar-refractivity contribution in [1.29, 1.82) is 5.26 Å². The number of fused-ring (bicyclic) bond motifs is 1. The predicted molar refractivity (Wildman–Crippen MR) is 142 cm³/mol. The molecule has 0 bridgehead atoms. The highest BCUT2D eigenvalue weighted by Gasteiger charge is 2.40. The third kappa shape index (κ3) is 5.13. The van der Waals surface area contributed by atoms with E-state index in [1.165, 1.54) is 40.4 Å². The Bertz CT molecular complexity index is 1430. The number of benzene rings is 2. The number of ether oxygens (including phenoxy) is 1. The lowest BCUT2D eigenvalue weighted by Gasteiger charge is -2.26. The van der Waals surface area contributed by atoms with Crippen molar-refractivity contribution in [2.75, 3.05) is 25.5 Å². The number of carbonyl (C=O) groups excluding carboxylic acids is 1. The van der Waals surface area contributed by atoms with Gasteiger partial charge in [-0.25, -0.2) is 8.42 Å². The number of nitrogens with zero attached hydrogens (tertiary/aromatic N) is 3. The number of methoxy groups -OCH3 is 1. The number of hydrogen-bond acceptors (Lipinski definition) is 7. The minimum absolute atomic E-state index is 0.121. The fraction of sp³-hybridized carbons (Fsp3) is 0.333. The molecule has 1 unspecified atom stereocenters. The number of rotatable bonds is 7. The van der Waals surface area contributed by atoms with E-state index < -0.39 is 22.0 Å². The van der Waals surface area contributed by atoms with Crippen LogP contribution in [0.3, 0.4) is 0 Å². The molecule has 2 aliphatic heterocycles. The standard InChI is InChI=1S/C27H28N4O4S2/c1-35-20-9-11-21(12-10-20)37(33,34)31-14-5-8-24(31)26(32)29-27-23(16-28)22-13-15-30(18-25(22)36-27)17-19-6-3-2-4-7-19/h2-4,6-7,9-12,24H,5,8,13-15,17-18H2,1H3,(H,29,32). The van der Waals surface area contributed by atoms with Crippen molar-refractivity contribution >= 4 is 32.3 Å². The summed E-state index contributed by atoms with van der Waals surface area (Å²) in [6.45, 7) is 2.63. The molecule has 1 saturated heterocycles. The van der Waals surface area contributed by atoms with Crippen molar-refractivity contribution in [2.45, 2.75) is 43.3 Å². The van der Waals surface area contributed by atoms with Crippen LogP contribution in [0.1, 0.15) is 34.4 Å². The van der Waals surface area contributed by atoms with Crippen molar-refractivity contribution in [3.05, 3.63) is 76.2 Å². The van der Waals surface area contributed by atoms with Crippen LogP contribution in [0.4, 0.5) is 5.00 Å². The molecular weight excluding hydrogens is 508 g/mol. The molecule has 192 valence electrons. The molecule has 1 atom stereocenters. The SMILES string of the molecule is COc1ccc(S(=O)(=O)N2CCCC2C(=O)Nc2sc3c(c2C#N)CCN(Cc2ccccc2)C3)cc1. The Kier molecular flexibility index (Phi) is 7.31. The number of thiophene rings is 1. The molecule has 3 aromatic rings. The van der Waals surface area contributed by atoms with Gasteiger partial charge in [-0.05, 0) is 54.7 Å². The molecule has 0 radical (unpaired) electrons. The van der Waals surface area contributed by atoms with Crippen molar-refractivity contribution in [1.82, 2.24) is 9.21 Å². The van der Waals surface area contributed by atoms with Crippen LogP contribution in [0.25, 0.3) is 0 Å². The second-order valence-corrected chi connectivity index (χ2v) is 12.2. The fourth-order valence-corrected chi connectivity index (χ4v) is 7.91. The molecule has 1 N–H and O–H groups in total. The highest BCUT2D eigenvalue weighted by molar-refractivity contribution is 7.89. The van der Waals surface area contributed by atoms with Crippen LogP contribution in [0, 0.1) is 11.3 Å². The zero-order valence-electron chi connectivity index (χ0n) is 20.5. The van der Waals surface area contributed by atoms with Crippen molar-refractivity contribution in [3.8, 4) is 11.8 Å². The van der Waals surface area contributed by atoms with E-state index in [1.807, 2.05) is 18.2 Å². The molecule has 10 heteroatoms. The molecule has 0 spiro atoms. The fourth-order valence-electron chi connectivity index (χ4n) is 5.01. The molecule has 0 saturated carbocycles. The summed E-state index contributed by atoms with van der Waals surface area (Å²) in [5, 5.41) is 13.3. The molecule has 1 fully saturated rings. The van der Waals surface area contributed by atoms with E-state index in [4.69, 9.17) is 4.74 Å². The second kappa shape index (κ2) is 10.6.